The van der Waals surface area contributed by atoms with E-state index in [1.54, 1.807) is 0 Å². The normalized spacial score (nSPS) is 23.3. The second-order valence-corrected chi connectivity index (χ2v) is 6.15. The highest BCUT2D eigenvalue weighted by molar-refractivity contribution is 7.80. The molecule has 0 radical (unpaired) electrons. The largest absolute Gasteiger partial charge is 0.344 e. The molecule has 2 rings (SSSR count). The van der Waals surface area contributed by atoms with Gasteiger partial charge in [0.05, 0.1) is 0 Å². The molecule has 0 spiro atoms. The van der Waals surface area contributed by atoms with Crippen LogP contribution in [0.3, 0.4) is 0 Å². The third-order valence-electron chi connectivity index (χ3n) is 4.19. The number of aryl methyl sites for hydroxylation is 2. The Balaban J connectivity index is 2.09. The number of piperidine rings is 1. The zero-order valence-corrected chi connectivity index (χ0v) is 13.2. The van der Waals surface area contributed by atoms with Crippen molar-refractivity contribution in [3.05, 3.63) is 29.3 Å². The second kappa shape index (κ2) is 5.91. The molecule has 0 saturated carbocycles. The number of nitrogens with zero attached hydrogens (tertiary/aromatic N) is 1. The first-order valence-corrected chi connectivity index (χ1v) is 7.56. The number of hydrogen-bond donors (Lipinski definition) is 1. The first-order valence-electron chi connectivity index (χ1n) is 7.15. The molecule has 1 aliphatic heterocycles. The SMILES string of the molecule is Cc1ccc(NC(=S)N2C(C)CCCC2C)cc1C. The third kappa shape index (κ3) is 3.27. The van der Waals surface area contributed by atoms with Crippen LogP contribution in [0.5, 0.6) is 0 Å². The Bertz CT molecular complexity index is 460. The molecular weight excluding hydrogens is 252 g/mol. The van der Waals surface area contributed by atoms with Gasteiger partial charge in [-0.2, -0.15) is 0 Å². The molecule has 1 aromatic rings. The average molecular weight is 276 g/mol. The van der Waals surface area contributed by atoms with Gasteiger partial charge in [0.15, 0.2) is 5.11 Å². The molecule has 1 saturated heterocycles. The molecule has 2 atom stereocenters. The quantitative estimate of drug-likeness (QED) is 0.771. The Kier molecular flexibility index (Phi) is 4.46. The summed E-state index contributed by atoms with van der Waals surface area (Å²) in [5.41, 5.74) is 3.71. The Hall–Kier alpha value is -1.09. The lowest BCUT2D eigenvalue weighted by Gasteiger charge is -2.40. The molecule has 1 heterocycles. The summed E-state index contributed by atoms with van der Waals surface area (Å²) in [5, 5.41) is 4.26. The molecule has 1 N–H and O–H groups in total. The van der Waals surface area contributed by atoms with Crippen LogP contribution in [-0.2, 0) is 0 Å². The van der Waals surface area contributed by atoms with Gasteiger partial charge < -0.3 is 10.2 Å². The van der Waals surface area contributed by atoms with Crippen molar-refractivity contribution in [2.24, 2.45) is 0 Å². The molecule has 0 amide bonds. The zero-order chi connectivity index (χ0) is 14.0. The Morgan fingerprint density at radius 3 is 2.37 bits per heavy atom. The summed E-state index contributed by atoms with van der Waals surface area (Å²) in [6, 6.07) is 7.49. The fourth-order valence-electron chi connectivity index (χ4n) is 2.83. The summed E-state index contributed by atoms with van der Waals surface area (Å²) >= 11 is 5.60. The van der Waals surface area contributed by atoms with E-state index < -0.39 is 0 Å². The number of likely N-dealkylation sites (tertiary alicyclic amines) is 1. The van der Waals surface area contributed by atoms with Crippen LogP contribution in [0.25, 0.3) is 0 Å². The van der Waals surface area contributed by atoms with Gasteiger partial charge in [0, 0.05) is 17.8 Å². The minimum atomic E-state index is 0.537. The zero-order valence-electron chi connectivity index (χ0n) is 12.4. The van der Waals surface area contributed by atoms with Gasteiger partial charge in [-0.3, -0.25) is 0 Å². The molecule has 1 aliphatic rings. The number of anilines is 1. The smallest absolute Gasteiger partial charge is 0.173 e. The number of nitrogens with one attached hydrogen (secondary N) is 1. The van der Waals surface area contributed by atoms with Crippen LogP contribution >= 0.6 is 12.2 Å². The monoisotopic (exact) mass is 276 g/mol. The number of benzene rings is 1. The lowest BCUT2D eigenvalue weighted by Crippen LogP contribution is -2.49. The van der Waals surface area contributed by atoms with E-state index in [9.17, 15) is 0 Å². The second-order valence-electron chi connectivity index (χ2n) is 5.77. The van der Waals surface area contributed by atoms with Gasteiger partial charge in [0.2, 0.25) is 0 Å². The van der Waals surface area contributed by atoms with Crippen molar-refractivity contribution in [1.29, 1.82) is 0 Å². The molecule has 2 unspecified atom stereocenters. The van der Waals surface area contributed by atoms with Crippen molar-refractivity contribution >= 4 is 23.0 Å². The molecule has 0 aromatic heterocycles. The average Bonchev–Trinajstić information content (AvgIpc) is 2.33. The highest BCUT2D eigenvalue weighted by atomic mass is 32.1. The van der Waals surface area contributed by atoms with Gasteiger partial charge in [-0.1, -0.05) is 6.07 Å². The van der Waals surface area contributed by atoms with Crippen LogP contribution in [0.2, 0.25) is 0 Å². The predicted molar refractivity (Wildman–Crippen MR) is 86.8 cm³/mol. The molecule has 0 aliphatic carbocycles. The Labute approximate surface area is 122 Å². The maximum absolute atomic E-state index is 5.60. The molecule has 1 aromatic carbocycles. The molecule has 2 nitrogen and oxygen atoms in total. The van der Waals surface area contributed by atoms with Crippen molar-refractivity contribution in [2.75, 3.05) is 5.32 Å². The third-order valence-corrected chi connectivity index (χ3v) is 4.50. The Morgan fingerprint density at radius 2 is 1.79 bits per heavy atom. The van der Waals surface area contributed by atoms with Crippen LogP contribution < -0.4 is 5.32 Å². The van der Waals surface area contributed by atoms with Crippen molar-refractivity contribution in [2.45, 2.75) is 59.0 Å². The van der Waals surface area contributed by atoms with Crippen LogP contribution in [-0.4, -0.2) is 22.1 Å². The predicted octanol–water partition coefficient (Wildman–Crippen LogP) is 4.26. The van der Waals surface area contributed by atoms with E-state index in [0.29, 0.717) is 12.1 Å². The summed E-state index contributed by atoms with van der Waals surface area (Å²) in [7, 11) is 0. The lowest BCUT2D eigenvalue weighted by molar-refractivity contribution is 0.194. The van der Waals surface area contributed by atoms with Crippen LogP contribution in [0.4, 0.5) is 5.69 Å². The van der Waals surface area contributed by atoms with Gasteiger partial charge in [-0.15, -0.1) is 0 Å². The topological polar surface area (TPSA) is 15.3 Å². The van der Waals surface area contributed by atoms with E-state index in [2.05, 4.69) is 56.1 Å². The Morgan fingerprint density at radius 1 is 1.16 bits per heavy atom. The van der Waals surface area contributed by atoms with Crippen molar-refractivity contribution < 1.29 is 0 Å². The summed E-state index contributed by atoms with van der Waals surface area (Å²) < 4.78 is 0. The molecule has 1 fully saturated rings. The van der Waals surface area contributed by atoms with Crippen molar-refractivity contribution in [1.82, 2.24) is 4.90 Å². The van der Waals surface area contributed by atoms with E-state index >= 15 is 0 Å². The molecular formula is C16H24N2S. The minimum absolute atomic E-state index is 0.537. The molecule has 3 heteroatoms. The summed E-state index contributed by atoms with van der Waals surface area (Å²) in [6.07, 6.45) is 3.78. The lowest BCUT2D eigenvalue weighted by atomic mass is 9.98. The van der Waals surface area contributed by atoms with Gasteiger partial charge in [0.25, 0.3) is 0 Å². The highest BCUT2D eigenvalue weighted by Gasteiger charge is 2.26. The van der Waals surface area contributed by atoms with E-state index in [4.69, 9.17) is 12.2 Å². The number of hydrogen-bond acceptors (Lipinski definition) is 1. The van der Waals surface area contributed by atoms with Gasteiger partial charge in [-0.05, 0) is 82.4 Å². The van der Waals surface area contributed by atoms with E-state index in [1.165, 1.54) is 30.4 Å². The standard InChI is InChI=1S/C16H24N2S/c1-11-8-9-15(10-12(11)2)17-16(19)18-13(3)6-5-7-14(18)4/h8-10,13-14H,5-7H2,1-4H3,(H,17,19). The van der Waals surface area contributed by atoms with Crippen molar-refractivity contribution in [3.8, 4) is 0 Å². The molecule has 104 valence electrons. The molecule has 19 heavy (non-hydrogen) atoms. The summed E-state index contributed by atoms with van der Waals surface area (Å²) in [5.74, 6) is 0. The van der Waals surface area contributed by atoms with Crippen LogP contribution in [0, 0.1) is 13.8 Å². The highest BCUT2D eigenvalue weighted by Crippen LogP contribution is 2.24. The van der Waals surface area contributed by atoms with E-state index in [1.807, 2.05) is 0 Å². The number of rotatable bonds is 1. The summed E-state index contributed by atoms with van der Waals surface area (Å²) in [6.45, 7) is 8.80. The maximum Gasteiger partial charge on any atom is 0.173 e. The fourth-order valence-corrected chi connectivity index (χ4v) is 3.31. The molecule has 0 bridgehead atoms. The van der Waals surface area contributed by atoms with Gasteiger partial charge in [0.1, 0.15) is 0 Å². The van der Waals surface area contributed by atoms with Crippen LogP contribution in [0.1, 0.15) is 44.2 Å². The van der Waals surface area contributed by atoms with Crippen LogP contribution in [0.15, 0.2) is 18.2 Å². The summed E-state index contributed by atoms with van der Waals surface area (Å²) in [4.78, 5) is 2.36. The number of thiocarbonyl (C=S) groups is 1. The fraction of sp³-hybridized carbons (Fsp3) is 0.562. The van der Waals surface area contributed by atoms with Crippen molar-refractivity contribution in [3.63, 3.8) is 0 Å². The first kappa shape index (κ1) is 14.3. The maximum atomic E-state index is 5.60. The van der Waals surface area contributed by atoms with E-state index in [0.717, 1.165) is 10.8 Å². The van der Waals surface area contributed by atoms with E-state index in [-0.39, 0.29) is 0 Å². The first-order chi connectivity index (χ1) is 8.99. The van der Waals surface area contributed by atoms with Gasteiger partial charge >= 0.3 is 0 Å². The minimum Gasteiger partial charge on any atom is -0.344 e. The van der Waals surface area contributed by atoms with Gasteiger partial charge in [-0.25, -0.2) is 0 Å².